The van der Waals surface area contributed by atoms with Gasteiger partial charge >= 0.3 is 0 Å². The molecule has 30 heavy (non-hydrogen) atoms. The van der Waals surface area contributed by atoms with Crippen molar-refractivity contribution in [1.29, 1.82) is 0 Å². The molecule has 3 aromatic carbocycles. The molecular formula is C24H16ClFN4. The van der Waals surface area contributed by atoms with Gasteiger partial charge in [0.1, 0.15) is 5.82 Å². The first-order chi connectivity index (χ1) is 14.7. The van der Waals surface area contributed by atoms with Gasteiger partial charge in [0.05, 0.1) is 18.0 Å². The molecule has 1 aliphatic rings. The van der Waals surface area contributed by atoms with Gasteiger partial charge in [0, 0.05) is 39.2 Å². The van der Waals surface area contributed by atoms with E-state index >= 15 is 0 Å². The van der Waals surface area contributed by atoms with E-state index in [2.05, 4.69) is 10.3 Å². The van der Waals surface area contributed by atoms with E-state index in [0.29, 0.717) is 28.8 Å². The Morgan fingerprint density at radius 3 is 2.50 bits per heavy atom. The molecule has 1 aromatic heterocycles. The maximum atomic E-state index is 14.6. The highest BCUT2D eigenvalue weighted by Gasteiger charge is 2.23. The molecule has 146 valence electrons. The first-order valence-electron chi connectivity index (χ1n) is 9.47. The summed E-state index contributed by atoms with van der Waals surface area (Å²) in [7, 11) is 0. The number of rotatable bonds is 3. The van der Waals surface area contributed by atoms with Gasteiger partial charge in [-0.2, -0.15) is 0 Å². The van der Waals surface area contributed by atoms with Crippen molar-refractivity contribution in [3.63, 3.8) is 0 Å². The summed E-state index contributed by atoms with van der Waals surface area (Å²) in [5.74, 6) is 0.154. The predicted molar refractivity (Wildman–Crippen MR) is 118 cm³/mol. The monoisotopic (exact) mass is 414 g/mol. The van der Waals surface area contributed by atoms with Crippen molar-refractivity contribution in [2.24, 2.45) is 4.99 Å². The molecule has 0 aliphatic carbocycles. The Hall–Kier alpha value is -3.57. The minimum atomic E-state index is -0.328. The molecule has 0 spiro atoms. The summed E-state index contributed by atoms with van der Waals surface area (Å²) < 4.78 is 14.6. The number of nitrogens with one attached hydrogen (secondary N) is 1. The summed E-state index contributed by atoms with van der Waals surface area (Å²) in [6.45, 7) is 0.344. The molecule has 2 heterocycles. The molecule has 1 N–H and O–H groups in total. The van der Waals surface area contributed by atoms with Crippen LogP contribution in [-0.4, -0.2) is 15.7 Å². The minimum absolute atomic E-state index is 0.328. The van der Waals surface area contributed by atoms with Gasteiger partial charge in [-0.25, -0.2) is 14.4 Å². The van der Waals surface area contributed by atoms with Crippen molar-refractivity contribution in [3.05, 3.63) is 107 Å². The SMILES string of the molecule is Fc1ccccc1C1=NCc2cnc(Nc3ccccc3)nc2-c2ccc(Cl)cc21. The Labute approximate surface area is 178 Å². The first-order valence-corrected chi connectivity index (χ1v) is 9.84. The minimum Gasteiger partial charge on any atom is -0.324 e. The lowest BCUT2D eigenvalue weighted by molar-refractivity contribution is 0.625. The van der Waals surface area contributed by atoms with E-state index in [-0.39, 0.29) is 5.82 Å². The van der Waals surface area contributed by atoms with Crippen molar-refractivity contribution in [3.8, 4) is 11.3 Å². The molecule has 4 aromatic rings. The van der Waals surface area contributed by atoms with Gasteiger partial charge in [0.2, 0.25) is 5.95 Å². The summed E-state index contributed by atoms with van der Waals surface area (Å²) in [5, 5.41) is 3.78. The van der Waals surface area contributed by atoms with E-state index in [9.17, 15) is 4.39 Å². The quantitative estimate of drug-likeness (QED) is 0.445. The fraction of sp³-hybridized carbons (Fsp3) is 0.0417. The van der Waals surface area contributed by atoms with E-state index in [1.807, 2.05) is 42.5 Å². The number of aliphatic imine (C=N–C) groups is 1. The van der Waals surface area contributed by atoms with Gasteiger partial charge in [0.25, 0.3) is 0 Å². The number of benzene rings is 3. The third-order valence-corrected chi connectivity index (χ3v) is 5.16. The zero-order valence-electron chi connectivity index (χ0n) is 15.8. The summed E-state index contributed by atoms with van der Waals surface area (Å²) in [4.78, 5) is 13.9. The highest BCUT2D eigenvalue weighted by Crippen LogP contribution is 2.34. The third-order valence-electron chi connectivity index (χ3n) is 4.92. The largest absolute Gasteiger partial charge is 0.324 e. The Morgan fingerprint density at radius 2 is 1.67 bits per heavy atom. The number of fused-ring (bicyclic) bond motifs is 3. The molecule has 0 amide bonds. The fourth-order valence-corrected chi connectivity index (χ4v) is 3.69. The molecule has 1 aliphatic heterocycles. The average molecular weight is 415 g/mol. The van der Waals surface area contributed by atoms with E-state index in [1.54, 1.807) is 30.5 Å². The second-order valence-electron chi connectivity index (χ2n) is 6.89. The molecule has 5 rings (SSSR count). The summed E-state index contributed by atoms with van der Waals surface area (Å²) in [6.07, 6.45) is 1.76. The molecule has 4 nitrogen and oxygen atoms in total. The standard InChI is InChI=1S/C24H16ClFN4/c25-16-10-11-18-20(12-16)23(19-8-4-5-9-21(19)26)27-13-15-14-28-24(30-22(15)18)29-17-6-2-1-3-7-17/h1-12,14H,13H2,(H,28,29,30). The normalized spacial score (nSPS) is 12.4. The second kappa shape index (κ2) is 7.69. The maximum absolute atomic E-state index is 14.6. The zero-order chi connectivity index (χ0) is 20.5. The van der Waals surface area contributed by atoms with Crippen LogP contribution in [0.5, 0.6) is 0 Å². The van der Waals surface area contributed by atoms with E-state index in [4.69, 9.17) is 21.6 Å². The molecule has 0 bridgehead atoms. The number of hydrogen-bond donors (Lipinski definition) is 1. The number of nitrogens with zero attached hydrogens (tertiary/aromatic N) is 3. The Bertz CT molecular complexity index is 1270. The van der Waals surface area contributed by atoms with Gasteiger partial charge < -0.3 is 5.32 Å². The molecule has 0 atom stereocenters. The van der Waals surface area contributed by atoms with Gasteiger partial charge in [-0.3, -0.25) is 4.99 Å². The van der Waals surface area contributed by atoms with Crippen LogP contribution in [0.3, 0.4) is 0 Å². The number of anilines is 2. The number of para-hydroxylation sites is 1. The van der Waals surface area contributed by atoms with Crippen LogP contribution in [0.2, 0.25) is 5.02 Å². The average Bonchev–Trinajstić information content (AvgIpc) is 2.91. The lowest BCUT2D eigenvalue weighted by atomic mass is 9.95. The molecule has 0 saturated carbocycles. The fourth-order valence-electron chi connectivity index (χ4n) is 3.52. The molecule has 0 saturated heterocycles. The van der Waals surface area contributed by atoms with Crippen LogP contribution < -0.4 is 5.32 Å². The Morgan fingerprint density at radius 1 is 0.867 bits per heavy atom. The third kappa shape index (κ3) is 3.44. The van der Waals surface area contributed by atoms with Crippen molar-refractivity contribution in [2.45, 2.75) is 6.54 Å². The van der Waals surface area contributed by atoms with Gasteiger partial charge in [-0.1, -0.05) is 48.0 Å². The first kappa shape index (κ1) is 18.5. The smallest absolute Gasteiger partial charge is 0.227 e. The summed E-state index contributed by atoms with van der Waals surface area (Å²) >= 11 is 6.29. The van der Waals surface area contributed by atoms with Crippen LogP contribution in [0.25, 0.3) is 11.3 Å². The maximum Gasteiger partial charge on any atom is 0.227 e. The highest BCUT2D eigenvalue weighted by atomic mass is 35.5. The van der Waals surface area contributed by atoms with Gasteiger partial charge in [-0.05, 0) is 36.4 Å². The second-order valence-corrected chi connectivity index (χ2v) is 7.33. The molecule has 0 unspecified atom stereocenters. The van der Waals surface area contributed by atoms with Crippen LogP contribution in [0.4, 0.5) is 16.0 Å². The Balaban J connectivity index is 1.65. The number of hydrogen-bond acceptors (Lipinski definition) is 4. The highest BCUT2D eigenvalue weighted by molar-refractivity contribution is 6.31. The van der Waals surface area contributed by atoms with Crippen LogP contribution in [-0.2, 0) is 6.54 Å². The van der Waals surface area contributed by atoms with Gasteiger partial charge in [0.15, 0.2) is 0 Å². The van der Waals surface area contributed by atoms with E-state index in [1.165, 1.54) is 6.07 Å². The van der Waals surface area contributed by atoms with Crippen LogP contribution in [0.1, 0.15) is 16.7 Å². The van der Waals surface area contributed by atoms with Crippen LogP contribution >= 0.6 is 11.6 Å². The van der Waals surface area contributed by atoms with Crippen molar-refractivity contribution in [1.82, 2.24) is 9.97 Å². The summed E-state index contributed by atoms with van der Waals surface area (Å²) in [6, 6.07) is 21.9. The van der Waals surface area contributed by atoms with E-state index < -0.39 is 0 Å². The van der Waals surface area contributed by atoms with Crippen LogP contribution in [0, 0.1) is 5.82 Å². The predicted octanol–water partition coefficient (Wildman–Crippen LogP) is 6.03. The molecular weight excluding hydrogens is 399 g/mol. The summed E-state index contributed by atoms with van der Waals surface area (Å²) in [5.41, 5.74) is 5.09. The molecule has 0 radical (unpaired) electrons. The van der Waals surface area contributed by atoms with Gasteiger partial charge in [-0.15, -0.1) is 0 Å². The van der Waals surface area contributed by atoms with E-state index in [0.717, 1.165) is 28.1 Å². The Kier molecular flexibility index (Phi) is 4.73. The molecule has 0 fully saturated rings. The topological polar surface area (TPSA) is 50.2 Å². The van der Waals surface area contributed by atoms with Crippen molar-refractivity contribution < 1.29 is 4.39 Å². The molecule has 6 heteroatoms. The zero-order valence-corrected chi connectivity index (χ0v) is 16.6. The lowest BCUT2D eigenvalue weighted by Gasteiger charge is -2.13. The van der Waals surface area contributed by atoms with Crippen molar-refractivity contribution in [2.75, 3.05) is 5.32 Å². The van der Waals surface area contributed by atoms with Crippen LogP contribution in [0.15, 0.2) is 84.0 Å². The lowest BCUT2D eigenvalue weighted by Crippen LogP contribution is -2.07. The number of halogens is 2. The van der Waals surface area contributed by atoms with Crippen molar-refractivity contribution >= 4 is 28.9 Å². The number of aromatic nitrogens is 2.